The number of nitrogens with zero attached hydrogens (tertiary/aromatic N) is 1. The number of fused-ring (bicyclic) bond motifs is 1. The lowest BCUT2D eigenvalue weighted by molar-refractivity contribution is 0.466. The molecule has 0 saturated heterocycles. The molecule has 0 amide bonds. The van der Waals surface area contributed by atoms with Crippen LogP contribution >= 0.6 is 11.3 Å². The van der Waals surface area contributed by atoms with Gasteiger partial charge in [0.05, 0.1) is 5.39 Å². The number of hydrogen-bond acceptors (Lipinski definition) is 4. The number of aromatic nitrogens is 1. The molecule has 4 heteroatoms. The standard InChI is InChI=1S/C14H12N2OS/c1-9-8-10(15)2-3-12(9)17-14-11-5-7-18-13(11)4-6-16-14/h2-8H,15H2,1H3. The highest BCUT2D eigenvalue weighted by Gasteiger charge is 2.07. The first-order valence-corrected chi connectivity index (χ1v) is 6.48. The Hall–Kier alpha value is -2.07. The first-order valence-electron chi connectivity index (χ1n) is 5.60. The minimum atomic E-state index is 0.640. The van der Waals surface area contributed by atoms with E-state index in [4.69, 9.17) is 10.5 Å². The van der Waals surface area contributed by atoms with Crippen molar-refractivity contribution >= 4 is 27.1 Å². The number of thiophene rings is 1. The maximum Gasteiger partial charge on any atom is 0.227 e. The van der Waals surface area contributed by atoms with Gasteiger partial charge in [0.1, 0.15) is 5.75 Å². The van der Waals surface area contributed by atoms with E-state index in [-0.39, 0.29) is 0 Å². The molecule has 0 spiro atoms. The van der Waals surface area contributed by atoms with Crippen LogP contribution in [0.1, 0.15) is 5.56 Å². The van der Waals surface area contributed by atoms with Gasteiger partial charge in [-0.3, -0.25) is 0 Å². The van der Waals surface area contributed by atoms with E-state index < -0.39 is 0 Å². The number of ether oxygens (including phenoxy) is 1. The van der Waals surface area contributed by atoms with Crippen LogP contribution in [-0.2, 0) is 0 Å². The maximum absolute atomic E-state index is 5.88. The van der Waals surface area contributed by atoms with E-state index in [2.05, 4.69) is 4.98 Å². The minimum Gasteiger partial charge on any atom is -0.438 e. The van der Waals surface area contributed by atoms with E-state index in [0.29, 0.717) is 5.88 Å². The average molecular weight is 256 g/mol. The molecule has 0 aliphatic heterocycles. The van der Waals surface area contributed by atoms with Crippen LogP contribution in [0.2, 0.25) is 0 Å². The van der Waals surface area contributed by atoms with Gasteiger partial charge >= 0.3 is 0 Å². The summed E-state index contributed by atoms with van der Waals surface area (Å²) in [6.45, 7) is 1.97. The fourth-order valence-electron chi connectivity index (χ4n) is 1.84. The molecule has 1 aromatic carbocycles. The molecule has 0 fully saturated rings. The average Bonchev–Trinajstić information content (AvgIpc) is 2.82. The van der Waals surface area contributed by atoms with Crippen molar-refractivity contribution in [3.8, 4) is 11.6 Å². The molecule has 18 heavy (non-hydrogen) atoms. The Labute approximate surface area is 109 Å². The first-order chi connectivity index (χ1) is 8.74. The molecular weight excluding hydrogens is 244 g/mol. The minimum absolute atomic E-state index is 0.640. The third-order valence-electron chi connectivity index (χ3n) is 2.75. The van der Waals surface area contributed by atoms with Crippen molar-refractivity contribution in [2.24, 2.45) is 0 Å². The molecule has 3 aromatic rings. The molecule has 0 saturated carbocycles. The Morgan fingerprint density at radius 3 is 2.94 bits per heavy atom. The van der Waals surface area contributed by atoms with Gasteiger partial charge in [-0.15, -0.1) is 11.3 Å². The molecule has 2 aromatic heterocycles. The van der Waals surface area contributed by atoms with Gasteiger partial charge in [-0.2, -0.15) is 0 Å². The number of pyridine rings is 1. The predicted octanol–water partition coefficient (Wildman–Crippen LogP) is 3.98. The topological polar surface area (TPSA) is 48.1 Å². The molecule has 90 valence electrons. The Morgan fingerprint density at radius 2 is 2.11 bits per heavy atom. The quantitative estimate of drug-likeness (QED) is 0.705. The van der Waals surface area contributed by atoms with Gasteiger partial charge in [0.25, 0.3) is 0 Å². The number of nitrogen functional groups attached to an aromatic ring is 1. The summed E-state index contributed by atoms with van der Waals surface area (Å²) < 4.78 is 7.05. The summed E-state index contributed by atoms with van der Waals surface area (Å²) in [5, 5.41) is 3.08. The van der Waals surface area contributed by atoms with Crippen molar-refractivity contribution in [1.82, 2.24) is 4.98 Å². The Bertz CT molecular complexity index is 706. The van der Waals surface area contributed by atoms with Crippen molar-refractivity contribution in [2.75, 3.05) is 5.73 Å². The number of nitrogens with two attached hydrogens (primary N) is 1. The van der Waals surface area contributed by atoms with Gasteiger partial charge in [0, 0.05) is 16.6 Å². The maximum atomic E-state index is 5.88. The molecule has 0 atom stereocenters. The lowest BCUT2D eigenvalue weighted by Gasteiger charge is -2.09. The molecule has 0 unspecified atom stereocenters. The highest BCUT2D eigenvalue weighted by Crippen LogP contribution is 2.32. The number of rotatable bonds is 2. The van der Waals surface area contributed by atoms with Gasteiger partial charge in [-0.1, -0.05) is 0 Å². The fraction of sp³-hybridized carbons (Fsp3) is 0.0714. The summed E-state index contributed by atoms with van der Waals surface area (Å²) in [5.41, 5.74) is 7.47. The van der Waals surface area contributed by atoms with E-state index in [1.165, 1.54) is 4.70 Å². The van der Waals surface area contributed by atoms with Crippen LogP contribution in [0, 0.1) is 6.92 Å². The Balaban J connectivity index is 2.03. The predicted molar refractivity (Wildman–Crippen MR) is 75.3 cm³/mol. The van der Waals surface area contributed by atoms with Crippen molar-refractivity contribution < 1.29 is 4.74 Å². The second-order valence-corrected chi connectivity index (χ2v) is 5.02. The Kier molecular flexibility index (Phi) is 2.64. The highest BCUT2D eigenvalue weighted by atomic mass is 32.1. The summed E-state index contributed by atoms with van der Waals surface area (Å²) >= 11 is 1.68. The largest absolute Gasteiger partial charge is 0.438 e. The summed E-state index contributed by atoms with van der Waals surface area (Å²) in [6.07, 6.45) is 1.76. The summed E-state index contributed by atoms with van der Waals surface area (Å²) in [5.74, 6) is 1.43. The molecule has 0 aliphatic carbocycles. The van der Waals surface area contributed by atoms with Crippen molar-refractivity contribution in [2.45, 2.75) is 6.92 Å². The van der Waals surface area contributed by atoms with Gasteiger partial charge in [-0.05, 0) is 48.2 Å². The highest BCUT2D eigenvalue weighted by molar-refractivity contribution is 7.17. The molecular formula is C14H12N2OS. The smallest absolute Gasteiger partial charge is 0.227 e. The monoisotopic (exact) mass is 256 g/mol. The summed E-state index contributed by atoms with van der Waals surface area (Å²) in [4.78, 5) is 4.29. The van der Waals surface area contributed by atoms with E-state index in [0.717, 1.165) is 22.4 Å². The van der Waals surface area contributed by atoms with Crippen LogP contribution in [-0.4, -0.2) is 4.98 Å². The molecule has 2 N–H and O–H groups in total. The van der Waals surface area contributed by atoms with Crippen molar-refractivity contribution in [3.63, 3.8) is 0 Å². The number of benzene rings is 1. The van der Waals surface area contributed by atoms with Gasteiger partial charge in [0.15, 0.2) is 0 Å². The molecule has 0 bridgehead atoms. The van der Waals surface area contributed by atoms with Gasteiger partial charge < -0.3 is 10.5 Å². The molecule has 0 radical (unpaired) electrons. The SMILES string of the molecule is Cc1cc(N)ccc1Oc1nccc2sccc12. The fourth-order valence-corrected chi connectivity index (χ4v) is 2.61. The summed E-state index contributed by atoms with van der Waals surface area (Å²) in [6, 6.07) is 9.61. The molecule has 2 heterocycles. The van der Waals surface area contributed by atoms with E-state index >= 15 is 0 Å². The zero-order valence-corrected chi connectivity index (χ0v) is 10.7. The second kappa shape index (κ2) is 4.31. The number of hydrogen-bond donors (Lipinski definition) is 1. The normalized spacial score (nSPS) is 10.7. The molecule has 0 aliphatic rings. The van der Waals surface area contributed by atoms with Gasteiger partial charge in [0.2, 0.25) is 5.88 Å². The molecule has 3 rings (SSSR count). The van der Waals surface area contributed by atoms with Crippen molar-refractivity contribution in [1.29, 1.82) is 0 Å². The van der Waals surface area contributed by atoms with Crippen LogP contribution in [0.25, 0.3) is 10.1 Å². The second-order valence-electron chi connectivity index (χ2n) is 4.08. The van der Waals surface area contributed by atoms with E-state index in [9.17, 15) is 0 Å². The van der Waals surface area contributed by atoms with Crippen molar-refractivity contribution in [3.05, 3.63) is 47.5 Å². The molecule has 3 nitrogen and oxygen atoms in total. The zero-order chi connectivity index (χ0) is 12.5. The Morgan fingerprint density at radius 1 is 1.22 bits per heavy atom. The third-order valence-corrected chi connectivity index (χ3v) is 3.63. The van der Waals surface area contributed by atoms with Crippen LogP contribution < -0.4 is 10.5 Å². The van der Waals surface area contributed by atoms with Gasteiger partial charge in [-0.25, -0.2) is 4.98 Å². The lowest BCUT2D eigenvalue weighted by atomic mass is 10.2. The third kappa shape index (κ3) is 1.91. The number of anilines is 1. The van der Waals surface area contributed by atoms with Crippen LogP contribution in [0.4, 0.5) is 5.69 Å². The summed E-state index contributed by atoms with van der Waals surface area (Å²) in [7, 11) is 0. The van der Waals surface area contributed by atoms with E-state index in [1.54, 1.807) is 17.5 Å². The van der Waals surface area contributed by atoms with Crippen LogP contribution in [0.3, 0.4) is 0 Å². The number of aryl methyl sites for hydroxylation is 1. The lowest BCUT2D eigenvalue weighted by Crippen LogP contribution is -1.92. The first kappa shape index (κ1) is 11.0. The zero-order valence-electron chi connectivity index (χ0n) is 9.88. The van der Waals surface area contributed by atoms with Crippen LogP contribution in [0.5, 0.6) is 11.6 Å². The van der Waals surface area contributed by atoms with Crippen LogP contribution in [0.15, 0.2) is 41.9 Å². The van der Waals surface area contributed by atoms with E-state index in [1.807, 2.05) is 42.6 Å².